The summed E-state index contributed by atoms with van der Waals surface area (Å²) in [5.74, 6) is 0.156. The van der Waals surface area contributed by atoms with Crippen LogP contribution in [0.3, 0.4) is 0 Å². The van der Waals surface area contributed by atoms with Crippen LogP contribution in [0.2, 0.25) is 0 Å². The van der Waals surface area contributed by atoms with Gasteiger partial charge >= 0.3 is 0 Å². The molecule has 4 heterocycles. The van der Waals surface area contributed by atoms with Crippen LogP contribution in [0.25, 0.3) is 0 Å². The van der Waals surface area contributed by atoms with Gasteiger partial charge in [-0.2, -0.15) is 0 Å². The quantitative estimate of drug-likeness (QED) is 0.649. The number of amides is 1. The number of pyridine rings is 1. The maximum absolute atomic E-state index is 12.9. The smallest absolute Gasteiger partial charge is 0.291 e. The van der Waals surface area contributed by atoms with Gasteiger partial charge in [0, 0.05) is 49.0 Å². The molecule has 0 aromatic carbocycles. The highest BCUT2D eigenvalue weighted by molar-refractivity contribution is 7.16. The molecule has 2 aliphatic rings. The van der Waals surface area contributed by atoms with Crippen LogP contribution >= 0.6 is 11.3 Å². The molecule has 1 fully saturated rings. The molecule has 1 unspecified atom stereocenters. The zero-order chi connectivity index (χ0) is 21.2. The van der Waals surface area contributed by atoms with Crippen LogP contribution in [0, 0.1) is 0 Å². The fraction of sp³-hybridized carbons (Fsp3) is 0.417. The van der Waals surface area contributed by atoms with Crippen molar-refractivity contribution in [3.05, 3.63) is 70.3 Å². The average Bonchev–Trinajstić information content (AvgIpc) is 3.45. The summed E-state index contributed by atoms with van der Waals surface area (Å²) in [6.45, 7) is 4.06. The van der Waals surface area contributed by atoms with Crippen molar-refractivity contribution in [2.24, 2.45) is 0 Å². The van der Waals surface area contributed by atoms with Crippen molar-refractivity contribution < 1.29 is 9.21 Å². The fourth-order valence-corrected chi connectivity index (χ4v) is 6.04. The first-order valence-electron chi connectivity index (χ1n) is 11.0. The van der Waals surface area contributed by atoms with Crippen molar-refractivity contribution in [2.45, 2.75) is 31.7 Å². The topological polar surface area (TPSA) is 61.6 Å². The minimum Gasteiger partial charge on any atom is -0.459 e. The molecule has 1 aliphatic heterocycles. The van der Waals surface area contributed by atoms with Crippen LogP contribution in [0.4, 0.5) is 5.00 Å². The monoisotopic (exact) mass is 436 g/mol. The van der Waals surface area contributed by atoms with Gasteiger partial charge < -0.3 is 14.6 Å². The number of likely N-dealkylation sites (N-methyl/N-ethyl adjacent to an activating group) is 1. The first kappa shape index (κ1) is 20.4. The molecule has 7 heteroatoms. The molecule has 1 amide bonds. The number of anilines is 1. The van der Waals surface area contributed by atoms with Gasteiger partial charge in [-0.25, -0.2) is 0 Å². The summed E-state index contributed by atoms with van der Waals surface area (Å²) in [6.07, 6.45) is 9.92. The van der Waals surface area contributed by atoms with Gasteiger partial charge in [-0.15, -0.1) is 11.3 Å². The van der Waals surface area contributed by atoms with Crippen LogP contribution < -0.4 is 5.32 Å². The number of thiophene rings is 1. The Labute approximate surface area is 186 Å². The normalized spacial score (nSPS) is 18.5. The molecular weight excluding hydrogens is 408 g/mol. The van der Waals surface area contributed by atoms with E-state index in [9.17, 15) is 4.79 Å². The van der Waals surface area contributed by atoms with Crippen molar-refractivity contribution >= 4 is 22.2 Å². The third-order valence-corrected chi connectivity index (χ3v) is 7.58. The van der Waals surface area contributed by atoms with Crippen molar-refractivity contribution in [3.63, 3.8) is 0 Å². The third-order valence-electron chi connectivity index (χ3n) is 6.36. The SMILES string of the molecule is CN1CCN(C(c2cccnc2)c2c(NC(=O)c3ccco3)sc3c2CCCC3)CC1. The third kappa shape index (κ3) is 4.18. The highest BCUT2D eigenvalue weighted by atomic mass is 32.1. The van der Waals surface area contributed by atoms with E-state index < -0.39 is 0 Å². The highest BCUT2D eigenvalue weighted by Crippen LogP contribution is 2.45. The Hall–Kier alpha value is -2.48. The Morgan fingerprint density at radius 2 is 2.00 bits per heavy atom. The zero-order valence-electron chi connectivity index (χ0n) is 17.8. The molecule has 3 aromatic heterocycles. The number of hydrogen-bond acceptors (Lipinski definition) is 6. The Bertz CT molecular complexity index is 1020. The number of fused-ring (bicyclic) bond motifs is 1. The summed E-state index contributed by atoms with van der Waals surface area (Å²) in [5, 5.41) is 4.16. The molecule has 3 aromatic rings. The van der Waals surface area contributed by atoms with Crippen molar-refractivity contribution in [3.8, 4) is 0 Å². The van der Waals surface area contributed by atoms with Crippen molar-refractivity contribution in [1.82, 2.24) is 14.8 Å². The molecule has 0 spiro atoms. The van der Waals surface area contributed by atoms with E-state index in [-0.39, 0.29) is 11.9 Å². The number of carbonyl (C=O) groups excluding carboxylic acids is 1. The predicted molar refractivity (Wildman–Crippen MR) is 123 cm³/mol. The molecule has 0 saturated carbocycles. The predicted octanol–water partition coefficient (Wildman–Crippen LogP) is 4.20. The number of hydrogen-bond donors (Lipinski definition) is 1. The van der Waals surface area contributed by atoms with E-state index in [0.29, 0.717) is 5.76 Å². The second-order valence-electron chi connectivity index (χ2n) is 8.41. The number of carbonyl (C=O) groups is 1. The van der Waals surface area contributed by atoms with Gasteiger partial charge in [-0.3, -0.25) is 14.7 Å². The lowest BCUT2D eigenvalue weighted by molar-refractivity contribution is 0.0996. The van der Waals surface area contributed by atoms with Crippen LogP contribution in [0.15, 0.2) is 47.3 Å². The minimum atomic E-state index is -0.187. The van der Waals surface area contributed by atoms with Gasteiger partial charge in [0.25, 0.3) is 5.91 Å². The molecule has 1 N–H and O–H groups in total. The van der Waals surface area contributed by atoms with Gasteiger partial charge in [0.15, 0.2) is 5.76 Å². The molecule has 1 atom stereocenters. The zero-order valence-corrected chi connectivity index (χ0v) is 18.7. The molecule has 162 valence electrons. The van der Waals surface area contributed by atoms with E-state index in [1.54, 1.807) is 23.5 Å². The van der Waals surface area contributed by atoms with Gasteiger partial charge in [0.05, 0.1) is 12.3 Å². The lowest BCUT2D eigenvalue weighted by Gasteiger charge is -2.39. The number of aryl methyl sites for hydroxylation is 1. The summed E-state index contributed by atoms with van der Waals surface area (Å²) in [7, 11) is 2.18. The van der Waals surface area contributed by atoms with E-state index in [2.05, 4.69) is 33.2 Å². The molecule has 1 aliphatic carbocycles. The average molecular weight is 437 g/mol. The Morgan fingerprint density at radius 1 is 1.16 bits per heavy atom. The van der Waals surface area contributed by atoms with E-state index in [0.717, 1.165) is 44.0 Å². The Morgan fingerprint density at radius 3 is 2.74 bits per heavy atom. The van der Waals surface area contributed by atoms with E-state index in [1.807, 2.05) is 18.5 Å². The van der Waals surface area contributed by atoms with Crippen LogP contribution in [-0.2, 0) is 12.8 Å². The molecule has 0 bridgehead atoms. The number of rotatable bonds is 5. The Balaban J connectivity index is 1.59. The lowest BCUT2D eigenvalue weighted by Crippen LogP contribution is -2.46. The second-order valence-corrected chi connectivity index (χ2v) is 9.52. The minimum absolute atomic E-state index is 0.0902. The molecule has 5 rings (SSSR count). The van der Waals surface area contributed by atoms with Gasteiger partial charge in [0.1, 0.15) is 5.00 Å². The molecule has 31 heavy (non-hydrogen) atoms. The molecule has 6 nitrogen and oxygen atoms in total. The molecule has 1 saturated heterocycles. The van der Waals surface area contributed by atoms with Crippen molar-refractivity contribution in [2.75, 3.05) is 38.5 Å². The summed E-state index contributed by atoms with van der Waals surface area (Å²) in [4.78, 5) is 23.7. The summed E-state index contributed by atoms with van der Waals surface area (Å²) >= 11 is 1.74. The Kier molecular flexibility index (Phi) is 5.89. The number of piperazine rings is 1. The number of nitrogens with zero attached hydrogens (tertiary/aromatic N) is 3. The standard InChI is InChI=1S/C24H28N4O2S/c1-27-11-13-28(14-12-27)22(17-6-4-10-25-16-17)21-18-7-2-3-9-20(18)31-24(21)26-23(29)19-8-5-15-30-19/h4-6,8,10,15-16,22H,2-3,7,9,11-14H2,1H3,(H,26,29). The van der Waals surface area contributed by atoms with Gasteiger partial charge in [-0.05, 0) is 62.1 Å². The van der Waals surface area contributed by atoms with Crippen LogP contribution in [0.5, 0.6) is 0 Å². The summed E-state index contributed by atoms with van der Waals surface area (Å²) < 4.78 is 5.35. The van der Waals surface area contributed by atoms with E-state index >= 15 is 0 Å². The van der Waals surface area contributed by atoms with Gasteiger partial charge in [-0.1, -0.05) is 6.07 Å². The number of furan rings is 1. The summed E-state index contributed by atoms with van der Waals surface area (Å²) in [5.41, 5.74) is 3.88. The first-order chi connectivity index (χ1) is 15.2. The molecular formula is C24H28N4O2S. The van der Waals surface area contributed by atoms with Crippen LogP contribution in [-0.4, -0.2) is 53.9 Å². The summed E-state index contributed by atoms with van der Waals surface area (Å²) in [6, 6.07) is 7.73. The maximum Gasteiger partial charge on any atom is 0.291 e. The largest absolute Gasteiger partial charge is 0.459 e. The fourth-order valence-electron chi connectivity index (χ4n) is 4.72. The highest BCUT2D eigenvalue weighted by Gasteiger charge is 2.33. The van der Waals surface area contributed by atoms with Crippen molar-refractivity contribution in [1.29, 1.82) is 0 Å². The van der Waals surface area contributed by atoms with Gasteiger partial charge in [0.2, 0.25) is 0 Å². The number of nitrogens with one attached hydrogen (secondary N) is 1. The maximum atomic E-state index is 12.9. The van der Waals surface area contributed by atoms with Crippen LogP contribution in [0.1, 0.15) is 51.0 Å². The van der Waals surface area contributed by atoms with E-state index in [1.165, 1.54) is 40.7 Å². The number of aromatic nitrogens is 1. The first-order valence-corrected chi connectivity index (χ1v) is 11.8. The second kappa shape index (κ2) is 8.94. The lowest BCUT2D eigenvalue weighted by atomic mass is 9.89. The van der Waals surface area contributed by atoms with E-state index in [4.69, 9.17) is 4.42 Å². The molecule has 0 radical (unpaired) electrons.